The van der Waals surface area contributed by atoms with Gasteiger partial charge in [0.05, 0.1) is 88.2 Å². The van der Waals surface area contributed by atoms with Gasteiger partial charge in [0, 0.05) is 87.0 Å². The molecule has 2 bridgehead atoms. The van der Waals surface area contributed by atoms with Crippen LogP contribution in [-0.2, 0) is 32.2 Å². The third-order valence-electron chi connectivity index (χ3n) is 15.7. The molecule has 0 unspecified atom stereocenters. The predicted octanol–water partition coefficient (Wildman–Crippen LogP) is 8.74. The molecule has 5 amide bonds. The molecular formula is C62H71ClFN11O8. The molecule has 10 rings (SSSR count). The number of fused-ring (bicyclic) bond motifs is 8. The molecule has 6 aromatic rings. The number of ether oxygens (including phenoxy) is 4. The number of carbonyl (C=O) groups excluding carboxylic acids is 4. The molecule has 0 saturated carbocycles. The summed E-state index contributed by atoms with van der Waals surface area (Å²) in [7, 11) is 5.04. The highest BCUT2D eigenvalue weighted by atomic mass is 35.5. The van der Waals surface area contributed by atoms with E-state index in [-0.39, 0.29) is 88.4 Å². The zero-order valence-electron chi connectivity index (χ0n) is 47.8. The molecule has 4 aromatic carbocycles. The number of aliphatic imine (C=N–C) groups is 1. The molecule has 19 nitrogen and oxygen atoms in total. The summed E-state index contributed by atoms with van der Waals surface area (Å²) in [4.78, 5) is 76.4. The van der Waals surface area contributed by atoms with E-state index in [1.54, 1.807) is 80.8 Å². The Morgan fingerprint density at radius 2 is 1.61 bits per heavy atom. The molecule has 4 aliphatic rings. The number of pyridine rings is 1. The quantitative estimate of drug-likeness (QED) is 0.0806. The van der Waals surface area contributed by atoms with Crippen LogP contribution in [0.2, 0.25) is 5.02 Å². The third kappa shape index (κ3) is 12.9. The average molecular weight is 1150 g/mol. The molecule has 6 heterocycles. The summed E-state index contributed by atoms with van der Waals surface area (Å²) in [5, 5.41) is 5.45. The first-order chi connectivity index (χ1) is 40.0. The monoisotopic (exact) mass is 1150 g/mol. The molecule has 83 heavy (non-hydrogen) atoms. The van der Waals surface area contributed by atoms with Gasteiger partial charge in [-0.1, -0.05) is 53.6 Å². The van der Waals surface area contributed by atoms with E-state index in [2.05, 4.69) is 9.88 Å². The first-order valence-corrected chi connectivity index (χ1v) is 28.6. The largest absolute Gasteiger partial charge is 0.497 e. The highest BCUT2D eigenvalue weighted by Gasteiger charge is 2.46. The summed E-state index contributed by atoms with van der Waals surface area (Å²) in [6.45, 7) is 9.23. The van der Waals surface area contributed by atoms with Gasteiger partial charge in [-0.05, 0) is 98.8 Å². The highest BCUT2D eigenvalue weighted by Crippen LogP contribution is 2.47. The molecule has 2 aromatic heterocycles. The lowest BCUT2D eigenvalue weighted by Crippen LogP contribution is -2.56. The number of nitrogen functional groups attached to an aromatic ring is 1. The van der Waals surface area contributed by atoms with Crippen molar-refractivity contribution in [3.05, 3.63) is 153 Å². The number of amidine groups is 1. The Kier molecular flexibility index (Phi) is 17.9. The van der Waals surface area contributed by atoms with Crippen molar-refractivity contribution in [1.29, 1.82) is 0 Å². The molecule has 21 heteroatoms. The maximum atomic E-state index is 15.1. The number of carbonyl (C=O) groups is 4. The summed E-state index contributed by atoms with van der Waals surface area (Å²) >= 11 is 6.40. The van der Waals surface area contributed by atoms with Crippen LogP contribution < -0.4 is 20.1 Å². The fourth-order valence-electron chi connectivity index (χ4n) is 11.3. The Balaban J connectivity index is 0.708. The molecule has 2 saturated heterocycles. The molecule has 2 fully saturated rings. The van der Waals surface area contributed by atoms with Gasteiger partial charge in [-0.25, -0.2) is 14.2 Å². The number of urea groups is 1. The second-order valence-corrected chi connectivity index (χ2v) is 22.1. The van der Waals surface area contributed by atoms with Crippen molar-refractivity contribution >= 4 is 52.7 Å². The molecule has 4 aliphatic heterocycles. The minimum absolute atomic E-state index is 0.105. The van der Waals surface area contributed by atoms with Crippen LogP contribution >= 0.6 is 11.6 Å². The molecule has 0 aliphatic carbocycles. The number of piperazine rings is 1. The van der Waals surface area contributed by atoms with Crippen LogP contribution in [0.15, 0.2) is 108 Å². The molecule has 2 N–H and O–H groups in total. The number of methoxy groups -OCH3 is 1. The van der Waals surface area contributed by atoms with E-state index in [1.165, 1.54) is 12.1 Å². The van der Waals surface area contributed by atoms with Crippen LogP contribution in [0, 0.1) is 12.7 Å². The number of aryl methyl sites for hydroxylation is 1. The van der Waals surface area contributed by atoms with Crippen molar-refractivity contribution < 1.29 is 42.5 Å². The van der Waals surface area contributed by atoms with E-state index >= 15 is 4.79 Å². The first kappa shape index (κ1) is 58.1. The zero-order valence-corrected chi connectivity index (χ0v) is 48.6. The number of anilines is 2. The van der Waals surface area contributed by atoms with Crippen LogP contribution in [0.4, 0.5) is 20.7 Å². The summed E-state index contributed by atoms with van der Waals surface area (Å²) < 4.78 is 40.1. The summed E-state index contributed by atoms with van der Waals surface area (Å²) in [5.74, 6) is 0.903. The van der Waals surface area contributed by atoms with E-state index in [0.29, 0.717) is 83.3 Å². The number of aromatic nitrogens is 3. The van der Waals surface area contributed by atoms with Gasteiger partial charge in [-0.3, -0.25) is 29.0 Å². The van der Waals surface area contributed by atoms with Gasteiger partial charge in [0.1, 0.15) is 41.6 Å². The molecule has 436 valence electrons. The Hall–Kier alpha value is -8.07. The van der Waals surface area contributed by atoms with Crippen LogP contribution in [0.25, 0.3) is 11.1 Å². The van der Waals surface area contributed by atoms with Crippen LogP contribution in [0.1, 0.15) is 95.1 Å². The summed E-state index contributed by atoms with van der Waals surface area (Å²) in [6.07, 6.45) is 5.15. The standard InChI is InChI=1S/C62H71ClFN11O8/c1-39(2)83-54-34-46(80-6)18-20-48(54)60-67-57(41-11-9-40(3)10-12-41)58(42-13-15-44(63)16-14-42)75(60)62(79)72-25-24-71(56(77)38-72)27-29-82-31-30-81-28-21-55(76)69(4)23-26-73-36-50-43-32-53(59(65)66-35-43)74-22-7-8-52(74)49-33-45(64)17-19-47(49)61(78)70(5)37-51(50)68-73/h9-20,32-36,39,52,57-58H,7-8,21-31,37-38H2,1-6H3,(H2,65,66)/t52-,57+,58-/m1/s1. The Bertz CT molecular complexity index is 3380. The average Bonchev–Trinajstić information content (AvgIpc) is 3.08. The SMILES string of the molecule is COc1ccc(C2=N[C@@H](c3ccc(C)cc3)[C@@H](c3ccc(Cl)cc3)N2C(=O)N2CCN(CCOCCOCCC(=O)N(C)CCn3cc4c(n3)CN(C)C(=O)c3ccc(F)cc3[C@H]3CCCN3c3cc-4cnc3N)C(=O)C2)c(OC(C)C)c1. The number of amides is 5. The summed E-state index contributed by atoms with van der Waals surface area (Å²) in [5.41, 5.74) is 13.9. The molecular weight excluding hydrogens is 1080 g/mol. The van der Waals surface area contributed by atoms with Crippen LogP contribution in [0.5, 0.6) is 11.5 Å². The Morgan fingerprint density at radius 3 is 2.36 bits per heavy atom. The second kappa shape index (κ2) is 25.6. The van der Waals surface area contributed by atoms with Gasteiger partial charge in [-0.15, -0.1) is 0 Å². The number of hydrogen-bond donors (Lipinski definition) is 1. The predicted molar refractivity (Wildman–Crippen MR) is 314 cm³/mol. The van der Waals surface area contributed by atoms with Crippen molar-refractivity contribution in [2.75, 3.05) is 97.5 Å². The zero-order chi connectivity index (χ0) is 58.5. The van der Waals surface area contributed by atoms with Gasteiger partial charge in [0.25, 0.3) is 5.91 Å². The number of nitrogens with two attached hydrogens (primary N) is 1. The highest BCUT2D eigenvalue weighted by molar-refractivity contribution is 6.30. The molecule has 3 atom stereocenters. The fourth-order valence-corrected chi connectivity index (χ4v) is 11.4. The number of nitrogens with zero attached hydrogens (tertiary/aromatic N) is 10. The van der Waals surface area contributed by atoms with Gasteiger partial charge >= 0.3 is 6.03 Å². The van der Waals surface area contributed by atoms with Crippen molar-refractivity contribution in [3.8, 4) is 22.6 Å². The Morgan fingerprint density at radius 1 is 0.867 bits per heavy atom. The summed E-state index contributed by atoms with van der Waals surface area (Å²) in [6, 6.07) is 25.7. The second-order valence-electron chi connectivity index (χ2n) is 21.7. The van der Waals surface area contributed by atoms with E-state index in [9.17, 15) is 18.8 Å². The van der Waals surface area contributed by atoms with Crippen molar-refractivity contribution in [1.82, 2.24) is 39.3 Å². The lowest BCUT2D eigenvalue weighted by molar-refractivity contribution is -0.135. The first-order valence-electron chi connectivity index (χ1n) is 28.2. The Labute approximate surface area is 488 Å². The number of benzene rings is 4. The van der Waals surface area contributed by atoms with Gasteiger partial charge in [0.2, 0.25) is 11.8 Å². The van der Waals surface area contributed by atoms with Crippen molar-refractivity contribution in [2.45, 2.75) is 77.4 Å². The van der Waals surface area contributed by atoms with Gasteiger partial charge in [0.15, 0.2) is 0 Å². The van der Waals surface area contributed by atoms with Crippen LogP contribution in [0.3, 0.4) is 0 Å². The van der Waals surface area contributed by atoms with E-state index < -0.39 is 17.9 Å². The van der Waals surface area contributed by atoms with E-state index in [1.807, 2.05) is 81.6 Å². The number of likely N-dealkylation sites (N-methyl/N-ethyl adjacent to an activating group) is 1. The van der Waals surface area contributed by atoms with E-state index in [4.69, 9.17) is 46.4 Å². The van der Waals surface area contributed by atoms with Gasteiger partial charge in [-0.2, -0.15) is 5.10 Å². The lowest BCUT2D eigenvalue weighted by Gasteiger charge is -2.38. The maximum absolute atomic E-state index is 15.1. The topological polar surface area (TPSA) is 194 Å². The number of hydrogen-bond acceptors (Lipinski definition) is 13. The molecule has 0 spiro atoms. The minimum Gasteiger partial charge on any atom is -0.497 e. The normalized spacial score (nSPS) is 17.9. The maximum Gasteiger partial charge on any atom is 0.326 e. The smallest absolute Gasteiger partial charge is 0.326 e. The van der Waals surface area contributed by atoms with Crippen molar-refractivity contribution in [2.24, 2.45) is 4.99 Å². The molecule has 0 radical (unpaired) electrons. The number of rotatable bonds is 18. The van der Waals surface area contributed by atoms with Gasteiger partial charge < -0.3 is 49.2 Å². The lowest BCUT2D eigenvalue weighted by atomic mass is 9.93. The third-order valence-corrected chi connectivity index (χ3v) is 15.9. The van der Waals surface area contributed by atoms with Crippen molar-refractivity contribution in [3.63, 3.8) is 0 Å². The van der Waals surface area contributed by atoms with E-state index in [0.717, 1.165) is 46.3 Å². The minimum atomic E-state index is -0.587. The fraction of sp³-hybridized carbons (Fsp3) is 0.403. The number of halogens is 2. The van der Waals surface area contributed by atoms with Crippen LogP contribution in [-0.4, -0.2) is 162 Å².